The highest BCUT2D eigenvalue weighted by atomic mass is 79.9. The second kappa shape index (κ2) is 4.21. The van der Waals surface area contributed by atoms with Crippen LogP contribution in [0.5, 0.6) is 0 Å². The minimum absolute atomic E-state index is 0.473. The maximum Gasteiger partial charge on any atom is 0.0551 e. The quantitative estimate of drug-likeness (QED) is 0.885. The SMILES string of the molecule is CNC(c1ccc(Br)c(Cl)c1)C1CC1. The highest BCUT2D eigenvalue weighted by Crippen LogP contribution is 2.41. The summed E-state index contributed by atoms with van der Waals surface area (Å²) in [4.78, 5) is 0. The van der Waals surface area contributed by atoms with E-state index in [1.54, 1.807) is 0 Å². The zero-order valence-electron chi connectivity index (χ0n) is 8.06. The highest BCUT2D eigenvalue weighted by Gasteiger charge is 2.31. The molecule has 76 valence electrons. The fourth-order valence-corrected chi connectivity index (χ4v) is 2.25. The molecule has 0 spiro atoms. The van der Waals surface area contributed by atoms with E-state index in [9.17, 15) is 0 Å². The second-order valence-corrected chi connectivity index (χ2v) is 5.04. The monoisotopic (exact) mass is 273 g/mol. The minimum Gasteiger partial charge on any atom is -0.313 e. The van der Waals surface area contributed by atoms with Crippen LogP contribution in [0.2, 0.25) is 5.02 Å². The molecular weight excluding hydrogens is 261 g/mol. The molecule has 1 N–H and O–H groups in total. The number of halogens is 2. The molecule has 1 nitrogen and oxygen atoms in total. The molecule has 14 heavy (non-hydrogen) atoms. The minimum atomic E-state index is 0.473. The van der Waals surface area contributed by atoms with Crippen LogP contribution in [-0.2, 0) is 0 Å². The first kappa shape index (κ1) is 10.5. The third-order valence-electron chi connectivity index (χ3n) is 2.71. The Labute approximate surface area is 98.0 Å². The Bertz CT molecular complexity index is 336. The van der Waals surface area contributed by atoms with Gasteiger partial charge in [0, 0.05) is 10.5 Å². The van der Waals surface area contributed by atoms with E-state index in [1.165, 1.54) is 18.4 Å². The smallest absolute Gasteiger partial charge is 0.0551 e. The van der Waals surface area contributed by atoms with Gasteiger partial charge in [-0.3, -0.25) is 0 Å². The van der Waals surface area contributed by atoms with Crippen LogP contribution < -0.4 is 5.32 Å². The molecular formula is C11H13BrClN. The fraction of sp³-hybridized carbons (Fsp3) is 0.455. The van der Waals surface area contributed by atoms with Gasteiger partial charge < -0.3 is 5.32 Å². The number of benzene rings is 1. The van der Waals surface area contributed by atoms with Crippen molar-refractivity contribution >= 4 is 27.5 Å². The van der Waals surface area contributed by atoms with Crippen molar-refractivity contribution in [2.24, 2.45) is 5.92 Å². The molecule has 1 fully saturated rings. The summed E-state index contributed by atoms with van der Waals surface area (Å²) >= 11 is 9.47. The normalized spacial score (nSPS) is 18.2. The molecule has 1 aliphatic rings. The summed E-state index contributed by atoms with van der Waals surface area (Å²) in [6, 6.07) is 6.67. The molecule has 0 aromatic heterocycles. The molecule has 0 aliphatic heterocycles. The zero-order chi connectivity index (χ0) is 10.1. The van der Waals surface area contributed by atoms with Crippen molar-refractivity contribution in [2.45, 2.75) is 18.9 Å². The van der Waals surface area contributed by atoms with Gasteiger partial charge in [-0.1, -0.05) is 17.7 Å². The molecule has 0 bridgehead atoms. The summed E-state index contributed by atoms with van der Waals surface area (Å²) in [6.07, 6.45) is 2.67. The number of hydrogen-bond donors (Lipinski definition) is 1. The van der Waals surface area contributed by atoms with Crippen LogP contribution in [0, 0.1) is 5.92 Å². The van der Waals surface area contributed by atoms with E-state index in [4.69, 9.17) is 11.6 Å². The lowest BCUT2D eigenvalue weighted by Crippen LogP contribution is -2.18. The molecule has 2 rings (SSSR count). The first-order valence-corrected chi connectivity index (χ1v) is 6.01. The second-order valence-electron chi connectivity index (χ2n) is 3.78. The molecule has 1 aromatic carbocycles. The van der Waals surface area contributed by atoms with Crippen molar-refractivity contribution in [1.29, 1.82) is 0 Å². The van der Waals surface area contributed by atoms with Crippen LogP contribution in [-0.4, -0.2) is 7.05 Å². The van der Waals surface area contributed by atoms with Crippen LogP contribution >= 0.6 is 27.5 Å². The molecule has 0 amide bonds. The van der Waals surface area contributed by atoms with Crippen LogP contribution in [0.1, 0.15) is 24.4 Å². The van der Waals surface area contributed by atoms with Crippen molar-refractivity contribution in [3.05, 3.63) is 33.3 Å². The lowest BCUT2D eigenvalue weighted by atomic mass is 10.0. The molecule has 1 aliphatic carbocycles. The van der Waals surface area contributed by atoms with Crippen LogP contribution in [0.25, 0.3) is 0 Å². The molecule has 0 heterocycles. The summed E-state index contributed by atoms with van der Waals surface area (Å²) < 4.78 is 0.966. The van der Waals surface area contributed by atoms with E-state index in [-0.39, 0.29) is 0 Å². The predicted molar refractivity (Wildman–Crippen MR) is 63.7 cm³/mol. The van der Waals surface area contributed by atoms with Gasteiger partial charge in [-0.15, -0.1) is 0 Å². The van der Waals surface area contributed by atoms with E-state index in [1.807, 2.05) is 19.2 Å². The van der Waals surface area contributed by atoms with E-state index >= 15 is 0 Å². The van der Waals surface area contributed by atoms with Crippen LogP contribution in [0.4, 0.5) is 0 Å². The Morgan fingerprint density at radius 1 is 1.50 bits per heavy atom. The predicted octanol–water partition coefficient (Wildman–Crippen LogP) is 3.77. The van der Waals surface area contributed by atoms with Gasteiger partial charge in [-0.05, 0) is 59.4 Å². The Kier molecular flexibility index (Phi) is 3.15. The van der Waals surface area contributed by atoms with Crippen LogP contribution in [0.15, 0.2) is 22.7 Å². The average molecular weight is 275 g/mol. The summed E-state index contributed by atoms with van der Waals surface area (Å²) in [5.41, 5.74) is 1.29. The lowest BCUT2D eigenvalue weighted by molar-refractivity contribution is 0.529. The Morgan fingerprint density at radius 3 is 2.71 bits per heavy atom. The van der Waals surface area contributed by atoms with E-state index < -0.39 is 0 Å². The summed E-state index contributed by atoms with van der Waals surface area (Å²) in [5.74, 6) is 0.803. The maximum atomic E-state index is 6.07. The molecule has 1 saturated carbocycles. The maximum absolute atomic E-state index is 6.07. The Morgan fingerprint density at radius 2 is 2.21 bits per heavy atom. The lowest BCUT2D eigenvalue weighted by Gasteiger charge is -2.16. The van der Waals surface area contributed by atoms with Gasteiger partial charge in [0.2, 0.25) is 0 Å². The first-order chi connectivity index (χ1) is 6.72. The van der Waals surface area contributed by atoms with E-state index in [0.717, 1.165) is 15.4 Å². The average Bonchev–Trinajstić information content (AvgIpc) is 2.96. The third kappa shape index (κ3) is 2.13. The van der Waals surface area contributed by atoms with Gasteiger partial charge in [0.25, 0.3) is 0 Å². The largest absolute Gasteiger partial charge is 0.313 e. The van der Waals surface area contributed by atoms with Gasteiger partial charge in [0.1, 0.15) is 0 Å². The molecule has 3 heteroatoms. The van der Waals surface area contributed by atoms with Gasteiger partial charge in [0.15, 0.2) is 0 Å². The topological polar surface area (TPSA) is 12.0 Å². The Hall–Kier alpha value is -0.0500. The number of rotatable bonds is 3. The fourth-order valence-electron chi connectivity index (χ4n) is 1.81. The van der Waals surface area contributed by atoms with Gasteiger partial charge in [0.05, 0.1) is 5.02 Å². The van der Waals surface area contributed by atoms with Crippen molar-refractivity contribution in [3.63, 3.8) is 0 Å². The van der Waals surface area contributed by atoms with Crippen molar-refractivity contribution in [1.82, 2.24) is 5.32 Å². The third-order valence-corrected chi connectivity index (χ3v) is 3.94. The van der Waals surface area contributed by atoms with Gasteiger partial charge in [-0.25, -0.2) is 0 Å². The van der Waals surface area contributed by atoms with E-state index in [2.05, 4.69) is 27.3 Å². The zero-order valence-corrected chi connectivity index (χ0v) is 10.4. The molecule has 0 saturated heterocycles. The first-order valence-electron chi connectivity index (χ1n) is 4.84. The molecule has 0 radical (unpaired) electrons. The summed E-state index contributed by atoms with van der Waals surface area (Å²) in [6.45, 7) is 0. The number of nitrogens with one attached hydrogen (secondary N) is 1. The van der Waals surface area contributed by atoms with E-state index in [0.29, 0.717) is 6.04 Å². The van der Waals surface area contributed by atoms with Crippen molar-refractivity contribution in [2.75, 3.05) is 7.05 Å². The van der Waals surface area contributed by atoms with Crippen LogP contribution in [0.3, 0.4) is 0 Å². The summed E-state index contributed by atoms with van der Waals surface area (Å²) in [5, 5.41) is 4.15. The van der Waals surface area contributed by atoms with Crippen molar-refractivity contribution < 1.29 is 0 Å². The molecule has 1 atom stereocenters. The highest BCUT2D eigenvalue weighted by molar-refractivity contribution is 9.10. The van der Waals surface area contributed by atoms with Gasteiger partial charge in [-0.2, -0.15) is 0 Å². The van der Waals surface area contributed by atoms with Gasteiger partial charge >= 0.3 is 0 Å². The van der Waals surface area contributed by atoms with Crippen molar-refractivity contribution in [3.8, 4) is 0 Å². The summed E-state index contributed by atoms with van der Waals surface area (Å²) in [7, 11) is 2.01. The molecule has 1 unspecified atom stereocenters. The standard InChI is InChI=1S/C11H13BrClN/c1-14-11(7-2-3-7)8-4-5-9(12)10(13)6-8/h4-7,11,14H,2-3H2,1H3. The Balaban J connectivity index is 2.25. The molecule has 1 aromatic rings. The number of hydrogen-bond acceptors (Lipinski definition) is 1.